The first-order chi connectivity index (χ1) is 7.33. The Hall–Kier alpha value is -1.55. The van der Waals surface area contributed by atoms with Crippen LogP contribution < -0.4 is 0 Å². The van der Waals surface area contributed by atoms with E-state index in [0.29, 0.717) is 5.69 Å². The van der Waals surface area contributed by atoms with Gasteiger partial charge in [0.1, 0.15) is 5.69 Å². The van der Waals surface area contributed by atoms with Crippen molar-refractivity contribution in [2.45, 2.75) is 13.3 Å². The molecule has 0 unspecified atom stereocenters. The number of aryl methyl sites for hydroxylation is 1. The molecule has 2 aromatic rings. The Morgan fingerprint density at radius 2 is 2.33 bits per heavy atom. The molecule has 0 aliphatic carbocycles. The third-order valence-electron chi connectivity index (χ3n) is 2.13. The maximum atomic E-state index is 12.0. The lowest BCUT2D eigenvalue weighted by molar-refractivity contribution is 0.103. The average molecular weight is 218 g/mol. The number of hydrogen-bond donors (Lipinski definition) is 0. The molecule has 15 heavy (non-hydrogen) atoms. The Kier molecular flexibility index (Phi) is 2.87. The molecule has 2 aromatic heterocycles. The van der Waals surface area contributed by atoms with Gasteiger partial charge in [0.15, 0.2) is 0 Å². The smallest absolute Gasteiger partial charge is 0.223 e. The lowest BCUT2D eigenvalue weighted by Gasteiger charge is -1.99. The predicted octanol–water partition coefficient (Wildman–Crippen LogP) is 2.33. The number of thiophene rings is 1. The van der Waals surface area contributed by atoms with Gasteiger partial charge in [-0.15, -0.1) is 11.3 Å². The summed E-state index contributed by atoms with van der Waals surface area (Å²) in [5, 5.41) is 1.93. The molecule has 0 amide bonds. The van der Waals surface area contributed by atoms with Crippen molar-refractivity contribution in [2.75, 3.05) is 0 Å². The molecule has 0 saturated heterocycles. The van der Waals surface area contributed by atoms with E-state index in [0.717, 1.165) is 16.9 Å². The molecule has 0 spiro atoms. The summed E-state index contributed by atoms with van der Waals surface area (Å²) in [6.45, 7) is 2.04. The second-order valence-electron chi connectivity index (χ2n) is 3.05. The van der Waals surface area contributed by atoms with Crippen molar-refractivity contribution in [3.8, 4) is 0 Å². The third-order valence-corrected chi connectivity index (χ3v) is 3.09. The predicted molar refractivity (Wildman–Crippen MR) is 59.2 cm³/mol. The topological polar surface area (TPSA) is 42.9 Å². The van der Waals surface area contributed by atoms with Crippen LogP contribution in [0.15, 0.2) is 30.0 Å². The molecule has 0 aliphatic heterocycles. The summed E-state index contributed by atoms with van der Waals surface area (Å²) >= 11 is 1.46. The number of hydrogen-bond acceptors (Lipinski definition) is 4. The van der Waals surface area contributed by atoms with Crippen molar-refractivity contribution < 1.29 is 4.79 Å². The second-order valence-corrected chi connectivity index (χ2v) is 3.96. The second kappa shape index (κ2) is 4.31. The van der Waals surface area contributed by atoms with Gasteiger partial charge < -0.3 is 0 Å². The largest absolute Gasteiger partial charge is 0.286 e. The van der Waals surface area contributed by atoms with Crippen LogP contribution in [0.2, 0.25) is 0 Å². The van der Waals surface area contributed by atoms with Crippen molar-refractivity contribution in [1.29, 1.82) is 0 Å². The van der Waals surface area contributed by atoms with Crippen LogP contribution in [0.3, 0.4) is 0 Å². The van der Waals surface area contributed by atoms with E-state index in [2.05, 4.69) is 9.97 Å². The van der Waals surface area contributed by atoms with Crippen molar-refractivity contribution in [1.82, 2.24) is 9.97 Å². The minimum absolute atomic E-state index is 0.0325. The SMILES string of the molecule is CCc1ccsc1C(=O)c1cnccn1. The molecule has 0 saturated carbocycles. The van der Waals surface area contributed by atoms with Gasteiger partial charge in [0.25, 0.3) is 0 Å². The standard InChI is InChI=1S/C11H10N2OS/c1-2-8-3-6-15-11(8)10(14)9-7-12-4-5-13-9/h3-7H,2H2,1H3. The van der Waals surface area contributed by atoms with Crippen LogP contribution in [0.1, 0.15) is 27.9 Å². The van der Waals surface area contributed by atoms with Gasteiger partial charge in [-0.05, 0) is 23.4 Å². The van der Waals surface area contributed by atoms with E-state index < -0.39 is 0 Å². The van der Waals surface area contributed by atoms with Gasteiger partial charge in [0, 0.05) is 12.4 Å². The van der Waals surface area contributed by atoms with E-state index in [1.165, 1.54) is 23.7 Å². The minimum atomic E-state index is -0.0325. The highest BCUT2D eigenvalue weighted by Crippen LogP contribution is 2.20. The summed E-state index contributed by atoms with van der Waals surface area (Å²) in [7, 11) is 0. The highest BCUT2D eigenvalue weighted by molar-refractivity contribution is 7.12. The number of carbonyl (C=O) groups is 1. The first-order valence-electron chi connectivity index (χ1n) is 4.70. The van der Waals surface area contributed by atoms with Gasteiger partial charge in [-0.3, -0.25) is 9.78 Å². The quantitative estimate of drug-likeness (QED) is 0.742. The fraction of sp³-hybridized carbons (Fsp3) is 0.182. The maximum Gasteiger partial charge on any atom is 0.223 e. The van der Waals surface area contributed by atoms with Crippen molar-refractivity contribution >= 4 is 17.1 Å². The summed E-state index contributed by atoms with van der Waals surface area (Å²) in [5.74, 6) is -0.0325. The number of aromatic nitrogens is 2. The van der Waals surface area contributed by atoms with E-state index in [9.17, 15) is 4.79 Å². The monoisotopic (exact) mass is 218 g/mol. The Labute approximate surface area is 91.8 Å². The molecule has 0 bridgehead atoms. The lowest BCUT2D eigenvalue weighted by atomic mass is 10.1. The van der Waals surface area contributed by atoms with E-state index in [1.54, 1.807) is 6.20 Å². The molecule has 0 aliphatic rings. The molecule has 76 valence electrons. The third kappa shape index (κ3) is 1.94. The van der Waals surface area contributed by atoms with Crippen LogP contribution in [-0.4, -0.2) is 15.8 Å². The zero-order chi connectivity index (χ0) is 10.7. The van der Waals surface area contributed by atoms with Gasteiger partial charge in [-0.2, -0.15) is 0 Å². The normalized spacial score (nSPS) is 10.2. The molecule has 3 nitrogen and oxygen atoms in total. The van der Waals surface area contributed by atoms with Gasteiger partial charge in [-0.25, -0.2) is 4.98 Å². The molecule has 0 fully saturated rings. The van der Waals surface area contributed by atoms with Crippen molar-refractivity contribution in [2.24, 2.45) is 0 Å². The fourth-order valence-electron chi connectivity index (χ4n) is 1.35. The van der Waals surface area contributed by atoms with Crippen molar-refractivity contribution in [3.05, 3.63) is 46.2 Å². The van der Waals surface area contributed by atoms with Crippen LogP contribution in [-0.2, 0) is 6.42 Å². The van der Waals surface area contributed by atoms with Crippen LogP contribution >= 0.6 is 11.3 Å². The van der Waals surface area contributed by atoms with Crippen LogP contribution in [0.4, 0.5) is 0 Å². The molecule has 2 rings (SSSR count). The first-order valence-corrected chi connectivity index (χ1v) is 5.58. The van der Waals surface area contributed by atoms with E-state index in [-0.39, 0.29) is 5.78 Å². The lowest BCUT2D eigenvalue weighted by Crippen LogP contribution is -2.04. The summed E-state index contributed by atoms with van der Waals surface area (Å²) in [4.78, 5) is 20.7. The number of carbonyl (C=O) groups excluding carboxylic acids is 1. The zero-order valence-corrected chi connectivity index (χ0v) is 9.12. The Bertz CT molecular complexity index is 464. The van der Waals surface area contributed by atoms with Gasteiger partial charge >= 0.3 is 0 Å². The minimum Gasteiger partial charge on any atom is -0.286 e. The molecular formula is C11H10N2OS. The molecule has 0 aromatic carbocycles. The summed E-state index contributed by atoms with van der Waals surface area (Å²) in [6, 6.07) is 1.98. The number of ketones is 1. The zero-order valence-electron chi connectivity index (χ0n) is 8.30. The number of rotatable bonds is 3. The van der Waals surface area contributed by atoms with Crippen molar-refractivity contribution in [3.63, 3.8) is 0 Å². The Morgan fingerprint density at radius 1 is 1.47 bits per heavy atom. The first kappa shape index (κ1) is 9.98. The highest BCUT2D eigenvalue weighted by atomic mass is 32.1. The van der Waals surface area contributed by atoms with E-state index in [1.807, 2.05) is 18.4 Å². The maximum absolute atomic E-state index is 12.0. The highest BCUT2D eigenvalue weighted by Gasteiger charge is 2.15. The number of nitrogens with zero attached hydrogens (tertiary/aromatic N) is 2. The van der Waals surface area contributed by atoms with E-state index >= 15 is 0 Å². The molecular weight excluding hydrogens is 208 g/mol. The Balaban J connectivity index is 2.37. The molecule has 0 atom stereocenters. The summed E-state index contributed by atoms with van der Waals surface area (Å²) in [6.07, 6.45) is 5.46. The van der Waals surface area contributed by atoms with Crippen LogP contribution in [0.5, 0.6) is 0 Å². The van der Waals surface area contributed by atoms with Gasteiger partial charge in [-0.1, -0.05) is 6.92 Å². The van der Waals surface area contributed by atoms with Gasteiger partial charge in [0.2, 0.25) is 5.78 Å². The summed E-state index contributed by atoms with van der Waals surface area (Å²) in [5.41, 5.74) is 1.49. The fourth-order valence-corrected chi connectivity index (χ4v) is 2.29. The average Bonchev–Trinajstić information content (AvgIpc) is 2.77. The summed E-state index contributed by atoms with van der Waals surface area (Å²) < 4.78 is 0. The van der Waals surface area contributed by atoms with Gasteiger partial charge in [0.05, 0.1) is 11.1 Å². The molecule has 4 heteroatoms. The van der Waals surface area contributed by atoms with Crippen LogP contribution in [0.25, 0.3) is 0 Å². The molecule has 0 radical (unpaired) electrons. The molecule has 2 heterocycles. The van der Waals surface area contributed by atoms with Crippen LogP contribution in [0, 0.1) is 0 Å². The van der Waals surface area contributed by atoms with E-state index in [4.69, 9.17) is 0 Å². The molecule has 0 N–H and O–H groups in total. The Morgan fingerprint density at radius 3 is 3.00 bits per heavy atom.